The molecule has 0 aliphatic rings. The molecule has 0 saturated heterocycles. The average molecular weight is 383 g/mol. The van der Waals surface area contributed by atoms with E-state index in [0.29, 0.717) is 18.8 Å². The number of carbonyl (C=O) groups excluding carboxylic acids is 2. The number of benzene rings is 2. The van der Waals surface area contributed by atoms with E-state index in [1.54, 1.807) is 11.8 Å². The molecule has 0 unspecified atom stereocenters. The molecule has 28 heavy (non-hydrogen) atoms. The van der Waals surface area contributed by atoms with Crippen LogP contribution in [0.5, 0.6) is 5.75 Å². The summed E-state index contributed by atoms with van der Waals surface area (Å²) in [5.74, 6) is 0.303. The summed E-state index contributed by atoms with van der Waals surface area (Å²) in [6, 6.07) is 14.9. The fraction of sp³-hybridized carbons (Fsp3) is 0.391. The van der Waals surface area contributed by atoms with Gasteiger partial charge in [-0.1, -0.05) is 55.0 Å². The topological polar surface area (TPSA) is 58.6 Å². The van der Waals surface area contributed by atoms with Gasteiger partial charge < -0.3 is 15.0 Å². The van der Waals surface area contributed by atoms with Gasteiger partial charge in [-0.3, -0.25) is 9.59 Å². The van der Waals surface area contributed by atoms with E-state index in [4.69, 9.17) is 4.74 Å². The third-order valence-corrected chi connectivity index (χ3v) is 4.60. The van der Waals surface area contributed by atoms with Gasteiger partial charge in [0.25, 0.3) is 5.91 Å². The van der Waals surface area contributed by atoms with Crippen molar-refractivity contribution in [1.82, 2.24) is 10.2 Å². The third kappa shape index (κ3) is 6.12. The van der Waals surface area contributed by atoms with Crippen LogP contribution in [0, 0.1) is 13.8 Å². The Morgan fingerprint density at radius 3 is 2.54 bits per heavy atom. The van der Waals surface area contributed by atoms with Crippen molar-refractivity contribution in [3.63, 3.8) is 0 Å². The molecule has 0 spiro atoms. The van der Waals surface area contributed by atoms with E-state index in [9.17, 15) is 9.59 Å². The van der Waals surface area contributed by atoms with E-state index in [1.807, 2.05) is 69.3 Å². The molecule has 2 aromatic rings. The Labute approximate surface area is 167 Å². The number of hydrogen-bond acceptors (Lipinski definition) is 3. The van der Waals surface area contributed by atoms with Gasteiger partial charge in [-0.25, -0.2) is 0 Å². The molecule has 5 heteroatoms. The van der Waals surface area contributed by atoms with E-state index < -0.39 is 6.04 Å². The van der Waals surface area contributed by atoms with Crippen molar-refractivity contribution in [2.24, 2.45) is 0 Å². The van der Waals surface area contributed by atoms with Crippen molar-refractivity contribution >= 4 is 11.8 Å². The van der Waals surface area contributed by atoms with E-state index in [-0.39, 0.29) is 18.4 Å². The van der Waals surface area contributed by atoms with Gasteiger partial charge in [0.05, 0.1) is 0 Å². The second-order valence-electron chi connectivity index (χ2n) is 7.03. The van der Waals surface area contributed by atoms with Gasteiger partial charge in [0, 0.05) is 13.1 Å². The van der Waals surface area contributed by atoms with Crippen molar-refractivity contribution < 1.29 is 14.3 Å². The molecule has 5 nitrogen and oxygen atoms in total. The summed E-state index contributed by atoms with van der Waals surface area (Å²) in [5, 5.41) is 2.87. The van der Waals surface area contributed by atoms with Gasteiger partial charge in [-0.15, -0.1) is 0 Å². The second kappa shape index (κ2) is 10.5. The van der Waals surface area contributed by atoms with Crippen LogP contribution in [0.2, 0.25) is 0 Å². The molecule has 0 fully saturated rings. The maximum Gasteiger partial charge on any atom is 0.261 e. The fourth-order valence-electron chi connectivity index (χ4n) is 2.93. The summed E-state index contributed by atoms with van der Waals surface area (Å²) >= 11 is 0. The Hall–Kier alpha value is -2.82. The summed E-state index contributed by atoms with van der Waals surface area (Å²) in [6.45, 7) is 8.54. The predicted octanol–water partition coefficient (Wildman–Crippen LogP) is 3.63. The highest BCUT2D eigenvalue weighted by Crippen LogP contribution is 2.17. The molecule has 0 bridgehead atoms. The van der Waals surface area contributed by atoms with Crippen LogP contribution < -0.4 is 10.1 Å². The number of nitrogens with one attached hydrogen (secondary N) is 1. The zero-order chi connectivity index (χ0) is 20.5. The summed E-state index contributed by atoms with van der Waals surface area (Å²) in [7, 11) is 0. The van der Waals surface area contributed by atoms with E-state index in [0.717, 1.165) is 23.1 Å². The Kier molecular flexibility index (Phi) is 8.05. The van der Waals surface area contributed by atoms with Gasteiger partial charge >= 0.3 is 0 Å². The number of rotatable bonds is 9. The normalized spacial score (nSPS) is 11.6. The van der Waals surface area contributed by atoms with E-state index >= 15 is 0 Å². The first kappa shape index (κ1) is 21.5. The highest BCUT2D eigenvalue weighted by atomic mass is 16.5. The number of ether oxygens (including phenoxy) is 1. The van der Waals surface area contributed by atoms with Crippen molar-refractivity contribution in [2.45, 2.75) is 46.7 Å². The molecule has 0 aliphatic carbocycles. The van der Waals surface area contributed by atoms with Crippen LogP contribution in [0.15, 0.2) is 48.5 Å². The van der Waals surface area contributed by atoms with Gasteiger partial charge in [-0.2, -0.15) is 0 Å². The molecule has 1 N–H and O–H groups in total. The summed E-state index contributed by atoms with van der Waals surface area (Å²) in [5.41, 5.74) is 3.07. The second-order valence-corrected chi connectivity index (χ2v) is 7.03. The SMILES string of the molecule is CCCNC(=O)[C@H](C)N(Cc1cccc(C)c1)C(=O)COc1ccccc1C. The minimum absolute atomic E-state index is 0.109. The monoisotopic (exact) mass is 382 g/mol. The first-order valence-corrected chi connectivity index (χ1v) is 9.73. The fourth-order valence-corrected chi connectivity index (χ4v) is 2.93. The van der Waals surface area contributed by atoms with Gasteiger partial charge in [-0.05, 0) is 44.4 Å². The molecule has 2 rings (SSSR count). The summed E-state index contributed by atoms with van der Waals surface area (Å²) < 4.78 is 5.73. The quantitative estimate of drug-likeness (QED) is 0.721. The number of hydrogen-bond donors (Lipinski definition) is 1. The lowest BCUT2D eigenvalue weighted by Crippen LogP contribution is -2.49. The van der Waals surface area contributed by atoms with Crippen LogP contribution in [0.4, 0.5) is 0 Å². The summed E-state index contributed by atoms with van der Waals surface area (Å²) in [6.07, 6.45) is 0.848. The minimum atomic E-state index is -0.583. The van der Waals surface area contributed by atoms with Crippen LogP contribution in [0.1, 0.15) is 37.0 Å². The maximum absolute atomic E-state index is 13.0. The molecular weight excluding hydrogens is 352 g/mol. The van der Waals surface area contributed by atoms with Crippen molar-refractivity contribution in [1.29, 1.82) is 0 Å². The number of para-hydroxylation sites is 1. The van der Waals surface area contributed by atoms with Crippen molar-refractivity contribution in [3.05, 3.63) is 65.2 Å². The summed E-state index contributed by atoms with van der Waals surface area (Å²) in [4.78, 5) is 27.0. The van der Waals surface area contributed by atoms with Crippen LogP contribution in [0.25, 0.3) is 0 Å². The molecule has 0 heterocycles. The van der Waals surface area contributed by atoms with Gasteiger partial charge in [0.15, 0.2) is 6.61 Å². The minimum Gasteiger partial charge on any atom is -0.484 e. The Morgan fingerprint density at radius 1 is 1.11 bits per heavy atom. The molecule has 0 aliphatic heterocycles. The maximum atomic E-state index is 13.0. The average Bonchev–Trinajstić information content (AvgIpc) is 2.69. The Balaban J connectivity index is 2.14. The highest BCUT2D eigenvalue weighted by Gasteiger charge is 2.26. The lowest BCUT2D eigenvalue weighted by molar-refractivity contribution is -0.142. The number of aryl methyl sites for hydroxylation is 2. The molecular formula is C23H30N2O3. The van der Waals surface area contributed by atoms with Crippen LogP contribution >= 0.6 is 0 Å². The molecule has 2 aromatic carbocycles. The van der Waals surface area contributed by atoms with Crippen LogP contribution in [0.3, 0.4) is 0 Å². The van der Waals surface area contributed by atoms with E-state index in [2.05, 4.69) is 5.32 Å². The third-order valence-electron chi connectivity index (χ3n) is 4.60. The number of amides is 2. The molecule has 2 amide bonds. The lowest BCUT2D eigenvalue weighted by atomic mass is 10.1. The van der Waals surface area contributed by atoms with E-state index in [1.165, 1.54) is 0 Å². The largest absolute Gasteiger partial charge is 0.484 e. The molecule has 0 aromatic heterocycles. The van der Waals surface area contributed by atoms with Crippen LogP contribution in [-0.4, -0.2) is 35.9 Å². The molecule has 150 valence electrons. The zero-order valence-electron chi connectivity index (χ0n) is 17.2. The number of carbonyl (C=O) groups is 2. The molecule has 0 saturated carbocycles. The first-order chi connectivity index (χ1) is 13.4. The first-order valence-electron chi connectivity index (χ1n) is 9.73. The lowest BCUT2D eigenvalue weighted by Gasteiger charge is -2.29. The Bertz CT molecular complexity index is 804. The smallest absolute Gasteiger partial charge is 0.261 e. The Morgan fingerprint density at radius 2 is 1.86 bits per heavy atom. The number of nitrogens with zero attached hydrogens (tertiary/aromatic N) is 1. The highest BCUT2D eigenvalue weighted by molar-refractivity contribution is 5.87. The van der Waals surface area contributed by atoms with Gasteiger partial charge in [0.2, 0.25) is 5.91 Å². The van der Waals surface area contributed by atoms with Crippen molar-refractivity contribution in [2.75, 3.05) is 13.2 Å². The van der Waals surface area contributed by atoms with Crippen molar-refractivity contribution in [3.8, 4) is 5.75 Å². The molecule has 0 radical (unpaired) electrons. The van der Waals surface area contributed by atoms with Gasteiger partial charge in [0.1, 0.15) is 11.8 Å². The predicted molar refractivity (Wildman–Crippen MR) is 111 cm³/mol. The molecule has 1 atom stereocenters. The zero-order valence-corrected chi connectivity index (χ0v) is 17.2. The standard InChI is InChI=1S/C23H30N2O3/c1-5-13-24-23(27)19(4)25(15-20-11-8-9-17(2)14-20)22(26)16-28-21-12-7-6-10-18(21)3/h6-12,14,19H,5,13,15-16H2,1-4H3,(H,24,27)/t19-/m0/s1. The van der Waals surface area contributed by atoms with Crippen LogP contribution in [-0.2, 0) is 16.1 Å².